The van der Waals surface area contributed by atoms with Gasteiger partial charge in [-0.1, -0.05) is 13.3 Å². The number of oxazole rings is 1. The molecule has 0 saturated heterocycles. The van der Waals surface area contributed by atoms with Crippen LogP contribution in [0.25, 0.3) is 11.5 Å². The molecule has 0 aliphatic carbocycles. The van der Waals surface area contributed by atoms with Crippen molar-refractivity contribution < 1.29 is 14.3 Å². The van der Waals surface area contributed by atoms with E-state index >= 15 is 0 Å². The number of hydrogen-bond acceptors (Lipinski definition) is 4. The molecule has 1 N–H and O–H groups in total. The van der Waals surface area contributed by atoms with Crippen LogP contribution in [0.2, 0.25) is 0 Å². The highest BCUT2D eigenvalue weighted by Crippen LogP contribution is 2.23. The number of carboxylic acids is 1. The summed E-state index contributed by atoms with van der Waals surface area (Å²) < 4.78 is 5.29. The van der Waals surface area contributed by atoms with Gasteiger partial charge in [0.05, 0.1) is 17.3 Å². The number of nitriles is 1. The van der Waals surface area contributed by atoms with Crippen molar-refractivity contribution in [1.82, 2.24) is 4.98 Å². The molecule has 0 unspecified atom stereocenters. The summed E-state index contributed by atoms with van der Waals surface area (Å²) in [6.07, 6.45) is 1.35. The standard InChI is InChI=1S/C14H12N2O3/c1-2-3-11-12(14(17)18)19-13(16-11)10-6-4-9(8-15)5-7-10/h4-7H,2-3H2,1H3,(H,17,18). The number of aromatic carboxylic acids is 1. The van der Waals surface area contributed by atoms with Gasteiger partial charge in [0.25, 0.3) is 0 Å². The minimum Gasteiger partial charge on any atom is -0.475 e. The van der Waals surface area contributed by atoms with Crippen LogP contribution in [0.3, 0.4) is 0 Å². The molecule has 0 bridgehead atoms. The van der Waals surface area contributed by atoms with Crippen LogP contribution in [-0.2, 0) is 6.42 Å². The minimum atomic E-state index is -1.11. The zero-order chi connectivity index (χ0) is 13.8. The van der Waals surface area contributed by atoms with Crippen molar-refractivity contribution >= 4 is 5.97 Å². The maximum absolute atomic E-state index is 11.1. The first kappa shape index (κ1) is 12.8. The summed E-state index contributed by atoms with van der Waals surface area (Å²) in [7, 11) is 0. The van der Waals surface area contributed by atoms with Crippen molar-refractivity contribution in [2.24, 2.45) is 0 Å². The Morgan fingerprint density at radius 2 is 2.11 bits per heavy atom. The van der Waals surface area contributed by atoms with Crippen LogP contribution in [-0.4, -0.2) is 16.1 Å². The van der Waals surface area contributed by atoms with Crippen LogP contribution in [0, 0.1) is 11.3 Å². The molecule has 2 rings (SSSR count). The SMILES string of the molecule is CCCc1nc(-c2ccc(C#N)cc2)oc1C(=O)O. The van der Waals surface area contributed by atoms with Gasteiger partial charge in [-0.25, -0.2) is 9.78 Å². The molecule has 5 heteroatoms. The molecule has 19 heavy (non-hydrogen) atoms. The number of carbonyl (C=O) groups is 1. The van der Waals surface area contributed by atoms with E-state index < -0.39 is 5.97 Å². The molecule has 0 spiro atoms. The van der Waals surface area contributed by atoms with E-state index in [1.54, 1.807) is 24.3 Å². The maximum atomic E-state index is 11.1. The van der Waals surface area contributed by atoms with Gasteiger partial charge in [-0.15, -0.1) is 0 Å². The van der Waals surface area contributed by atoms with Gasteiger partial charge in [0, 0.05) is 5.56 Å². The second-order valence-corrected chi connectivity index (χ2v) is 4.04. The lowest BCUT2D eigenvalue weighted by Crippen LogP contribution is -1.99. The van der Waals surface area contributed by atoms with Gasteiger partial charge in [0.15, 0.2) is 0 Å². The fourth-order valence-corrected chi connectivity index (χ4v) is 1.74. The number of rotatable bonds is 4. The van der Waals surface area contributed by atoms with Crippen LogP contribution in [0.5, 0.6) is 0 Å². The molecule has 0 fully saturated rings. The number of nitrogens with zero attached hydrogens (tertiary/aromatic N) is 2. The molecule has 0 radical (unpaired) electrons. The lowest BCUT2D eigenvalue weighted by Gasteiger charge is -1.94. The van der Waals surface area contributed by atoms with E-state index in [0.717, 1.165) is 6.42 Å². The predicted molar refractivity (Wildman–Crippen MR) is 67.6 cm³/mol. The average molecular weight is 256 g/mol. The maximum Gasteiger partial charge on any atom is 0.373 e. The molecule has 5 nitrogen and oxygen atoms in total. The molecular formula is C14H12N2O3. The van der Waals surface area contributed by atoms with Gasteiger partial charge in [-0.3, -0.25) is 0 Å². The fraction of sp³-hybridized carbons (Fsp3) is 0.214. The molecule has 0 saturated carbocycles. The van der Waals surface area contributed by atoms with Crippen LogP contribution < -0.4 is 0 Å². The van der Waals surface area contributed by atoms with E-state index in [1.807, 2.05) is 13.0 Å². The topological polar surface area (TPSA) is 87.1 Å². The third-order valence-corrected chi connectivity index (χ3v) is 2.64. The quantitative estimate of drug-likeness (QED) is 0.908. The molecule has 96 valence electrons. The van der Waals surface area contributed by atoms with Gasteiger partial charge in [-0.05, 0) is 30.7 Å². The first-order chi connectivity index (χ1) is 9.15. The van der Waals surface area contributed by atoms with Crippen molar-refractivity contribution in [2.45, 2.75) is 19.8 Å². The Hall–Kier alpha value is -2.61. The number of aryl methyl sites for hydroxylation is 1. The molecule has 0 amide bonds. The fourth-order valence-electron chi connectivity index (χ4n) is 1.74. The van der Waals surface area contributed by atoms with Crippen molar-refractivity contribution in [2.75, 3.05) is 0 Å². The highest BCUT2D eigenvalue weighted by Gasteiger charge is 2.19. The molecule has 0 atom stereocenters. The van der Waals surface area contributed by atoms with Gasteiger partial charge in [0.2, 0.25) is 11.7 Å². The normalized spacial score (nSPS) is 10.1. The average Bonchev–Trinajstić information content (AvgIpc) is 2.83. The molecule has 1 heterocycles. The second kappa shape index (κ2) is 5.36. The summed E-state index contributed by atoms with van der Waals surface area (Å²) in [5.41, 5.74) is 1.64. The Balaban J connectivity index is 2.42. The monoisotopic (exact) mass is 256 g/mol. The first-order valence-corrected chi connectivity index (χ1v) is 5.89. The summed E-state index contributed by atoms with van der Waals surface area (Å²) in [5, 5.41) is 17.8. The van der Waals surface area contributed by atoms with E-state index in [-0.39, 0.29) is 11.7 Å². The van der Waals surface area contributed by atoms with Crippen LogP contribution in [0.1, 0.15) is 35.2 Å². The Kier molecular flexibility index (Phi) is 3.62. The number of aromatic nitrogens is 1. The zero-order valence-corrected chi connectivity index (χ0v) is 10.4. The number of carboxylic acid groups (broad SMARTS) is 1. The lowest BCUT2D eigenvalue weighted by molar-refractivity contribution is 0.0661. The second-order valence-electron chi connectivity index (χ2n) is 4.04. The van der Waals surface area contributed by atoms with E-state index in [0.29, 0.717) is 23.2 Å². The van der Waals surface area contributed by atoms with Crippen molar-refractivity contribution in [1.29, 1.82) is 5.26 Å². The summed E-state index contributed by atoms with van der Waals surface area (Å²) in [6.45, 7) is 1.95. The number of benzene rings is 1. The molecule has 1 aromatic carbocycles. The predicted octanol–water partition coefficient (Wildman–Crippen LogP) is 2.86. The van der Waals surface area contributed by atoms with E-state index in [1.165, 1.54) is 0 Å². The van der Waals surface area contributed by atoms with Crippen molar-refractivity contribution in [3.63, 3.8) is 0 Å². The highest BCUT2D eigenvalue weighted by molar-refractivity contribution is 5.86. The highest BCUT2D eigenvalue weighted by atomic mass is 16.4. The lowest BCUT2D eigenvalue weighted by atomic mass is 10.1. The molecule has 0 aliphatic heterocycles. The number of hydrogen-bond donors (Lipinski definition) is 1. The Morgan fingerprint density at radius 3 is 2.63 bits per heavy atom. The molecule has 0 aliphatic rings. The summed E-state index contributed by atoms with van der Waals surface area (Å²) in [6, 6.07) is 8.66. The van der Waals surface area contributed by atoms with Crippen LogP contribution in [0.4, 0.5) is 0 Å². The summed E-state index contributed by atoms with van der Waals surface area (Å²) >= 11 is 0. The first-order valence-electron chi connectivity index (χ1n) is 5.89. The van der Waals surface area contributed by atoms with Gasteiger partial charge in [-0.2, -0.15) is 5.26 Å². The van der Waals surface area contributed by atoms with Crippen molar-refractivity contribution in [3.8, 4) is 17.5 Å². The van der Waals surface area contributed by atoms with Gasteiger partial charge >= 0.3 is 5.97 Å². The van der Waals surface area contributed by atoms with Crippen LogP contribution in [0.15, 0.2) is 28.7 Å². The van der Waals surface area contributed by atoms with E-state index in [9.17, 15) is 4.79 Å². The third-order valence-electron chi connectivity index (χ3n) is 2.64. The molecule has 2 aromatic rings. The smallest absolute Gasteiger partial charge is 0.373 e. The van der Waals surface area contributed by atoms with Gasteiger partial charge in [0.1, 0.15) is 0 Å². The largest absolute Gasteiger partial charge is 0.475 e. The van der Waals surface area contributed by atoms with Crippen LogP contribution >= 0.6 is 0 Å². The summed E-state index contributed by atoms with van der Waals surface area (Å²) in [5.74, 6) is -0.956. The Morgan fingerprint density at radius 1 is 1.42 bits per heavy atom. The minimum absolute atomic E-state index is 0.110. The Bertz CT molecular complexity index is 636. The Labute approximate surface area is 110 Å². The zero-order valence-electron chi connectivity index (χ0n) is 10.4. The van der Waals surface area contributed by atoms with E-state index in [4.69, 9.17) is 14.8 Å². The molecule has 1 aromatic heterocycles. The third kappa shape index (κ3) is 2.63. The van der Waals surface area contributed by atoms with E-state index in [2.05, 4.69) is 4.98 Å². The van der Waals surface area contributed by atoms with Crippen molar-refractivity contribution in [3.05, 3.63) is 41.3 Å². The molecular weight excluding hydrogens is 244 g/mol. The van der Waals surface area contributed by atoms with Gasteiger partial charge < -0.3 is 9.52 Å². The summed E-state index contributed by atoms with van der Waals surface area (Å²) in [4.78, 5) is 15.3.